The molecule has 0 aliphatic carbocycles. The molecule has 0 spiro atoms. The number of benzene rings is 2. The number of hydrogen-bond donors (Lipinski definition) is 0. The van der Waals surface area contributed by atoms with E-state index in [0.717, 1.165) is 17.5 Å². The number of rotatable bonds is 5. The summed E-state index contributed by atoms with van der Waals surface area (Å²) < 4.78 is 39.1. The Balaban J connectivity index is 1.79. The maximum Gasteiger partial charge on any atom is 0.253 e. The molecule has 7 nitrogen and oxygen atoms in total. The highest BCUT2D eigenvalue weighted by atomic mass is 32.3. The van der Waals surface area contributed by atoms with Gasteiger partial charge in [0.15, 0.2) is 0 Å². The van der Waals surface area contributed by atoms with E-state index in [9.17, 15) is 13.7 Å². The van der Waals surface area contributed by atoms with E-state index in [1.54, 1.807) is 12.1 Å². The van der Waals surface area contributed by atoms with Gasteiger partial charge in [-0.2, -0.15) is 5.26 Å². The van der Waals surface area contributed by atoms with Gasteiger partial charge in [0.2, 0.25) is 0 Å². The molecule has 0 aromatic heterocycles. The van der Waals surface area contributed by atoms with Crippen LogP contribution in [0, 0.1) is 11.3 Å². The number of morpholine rings is 1. The van der Waals surface area contributed by atoms with Crippen molar-refractivity contribution in [2.75, 3.05) is 33.4 Å². The highest BCUT2D eigenvalue weighted by Crippen LogP contribution is 2.50. The first-order chi connectivity index (χ1) is 14.6. The van der Waals surface area contributed by atoms with Crippen LogP contribution in [0.5, 0.6) is 5.75 Å². The number of sulfonamides is 1. The van der Waals surface area contributed by atoms with Crippen LogP contribution >= 0.6 is 11.9 Å². The lowest BCUT2D eigenvalue weighted by molar-refractivity contribution is 0.0574. The maximum absolute atomic E-state index is 13.6. The second kappa shape index (κ2) is 8.70. The second-order valence-electron chi connectivity index (χ2n) is 6.77. The van der Waals surface area contributed by atoms with Crippen LogP contribution in [-0.2, 0) is 14.8 Å². The lowest BCUT2D eigenvalue weighted by Gasteiger charge is -2.29. The van der Waals surface area contributed by atoms with Gasteiger partial charge in [-0.15, -0.1) is 3.71 Å². The molecule has 1 saturated heterocycles. The molecule has 30 heavy (non-hydrogen) atoms. The molecule has 2 heterocycles. The van der Waals surface area contributed by atoms with Gasteiger partial charge in [0.25, 0.3) is 10.0 Å². The zero-order chi connectivity index (χ0) is 21.1. The summed E-state index contributed by atoms with van der Waals surface area (Å²) in [5.74, 6) is 0.576. The van der Waals surface area contributed by atoms with E-state index in [1.807, 2.05) is 35.2 Å². The standard InChI is InChI=1S/C21H21N3O4S2/c1-27-17-7-9-18(10-8-17)30(25,26)24-20(16-5-3-2-4-6-16)19(15-22)21(29-24)23-11-13-28-14-12-23/h2-10,20H,11-14H2,1H3. The third-order valence-electron chi connectivity index (χ3n) is 5.02. The fraction of sp³-hybridized carbons (Fsp3) is 0.286. The van der Waals surface area contributed by atoms with Gasteiger partial charge in [0, 0.05) is 13.1 Å². The lowest BCUT2D eigenvalue weighted by Crippen LogP contribution is -2.35. The number of ether oxygens (including phenoxy) is 2. The fourth-order valence-corrected chi connectivity index (χ4v) is 6.59. The number of methoxy groups -OCH3 is 1. The van der Waals surface area contributed by atoms with E-state index in [-0.39, 0.29) is 4.90 Å². The van der Waals surface area contributed by atoms with Gasteiger partial charge >= 0.3 is 0 Å². The van der Waals surface area contributed by atoms with Crippen molar-refractivity contribution in [3.8, 4) is 11.8 Å². The monoisotopic (exact) mass is 443 g/mol. The molecule has 2 aliphatic rings. The van der Waals surface area contributed by atoms with Gasteiger partial charge in [-0.3, -0.25) is 0 Å². The highest BCUT2D eigenvalue weighted by molar-refractivity contribution is 8.11. The minimum Gasteiger partial charge on any atom is -0.497 e. The van der Waals surface area contributed by atoms with Gasteiger partial charge in [0.1, 0.15) is 10.8 Å². The van der Waals surface area contributed by atoms with E-state index >= 15 is 0 Å². The van der Waals surface area contributed by atoms with E-state index in [1.165, 1.54) is 23.0 Å². The van der Waals surface area contributed by atoms with Crippen LogP contribution in [0.25, 0.3) is 0 Å². The average molecular weight is 444 g/mol. The predicted molar refractivity (Wildman–Crippen MR) is 114 cm³/mol. The molecule has 156 valence electrons. The summed E-state index contributed by atoms with van der Waals surface area (Å²) >= 11 is 1.11. The summed E-state index contributed by atoms with van der Waals surface area (Å²) in [6.07, 6.45) is 0. The van der Waals surface area contributed by atoms with Crippen molar-refractivity contribution in [1.29, 1.82) is 5.26 Å². The quantitative estimate of drug-likeness (QED) is 0.657. The summed E-state index contributed by atoms with van der Waals surface area (Å²) in [4.78, 5) is 2.18. The molecule has 0 saturated carbocycles. The van der Waals surface area contributed by atoms with Gasteiger partial charge in [-0.1, -0.05) is 30.3 Å². The first-order valence-electron chi connectivity index (χ1n) is 9.44. The zero-order valence-corrected chi connectivity index (χ0v) is 18.0. The third-order valence-corrected chi connectivity index (χ3v) is 8.43. The predicted octanol–water partition coefficient (Wildman–Crippen LogP) is 3.16. The molecule has 0 bridgehead atoms. The molecule has 2 aromatic carbocycles. The van der Waals surface area contributed by atoms with Crippen LogP contribution in [-0.4, -0.2) is 50.4 Å². The van der Waals surface area contributed by atoms with Crippen molar-refractivity contribution >= 4 is 22.0 Å². The fourth-order valence-electron chi connectivity index (χ4n) is 3.48. The van der Waals surface area contributed by atoms with Gasteiger partial charge in [-0.25, -0.2) is 8.42 Å². The Hall–Kier alpha value is -2.51. The van der Waals surface area contributed by atoms with Crippen LogP contribution in [0.3, 0.4) is 0 Å². The molecule has 0 N–H and O–H groups in total. The lowest BCUT2D eigenvalue weighted by atomic mass is 10.0. The van der Waals surface area contributed by atoms with Crippen molar-refractivity contribution in [2.24, 2.45) is 0 Å². The molecule has 1 fully saturated rings. The van der Waals surface area contributed by atoms with E-state index < -0.39 is 16.1 Å². The van der Waals surface area contributed by atoms with E-state index in [4.69, 9.17) is 9.47 Å². The Morgan fingerprint density at radius 3 is 2.37 bits per heavy atom. The summed E-state index contributed by atoms with van der Waals surface area (Å²) in [6.45, 7) is 2.32. The van der Waals surface area contributed by atoms with Crippen LogP contribution in [0.4, 0.5) is 0 Å². The molecule has 0 radical (unpaired) electrons. The Morgan fingerprint density at radius 2 is 1.77 bits per heavy atom. The summed E-state index contributed by atoms with van der Waals surface area (Å²) in [5.41, 5.74) is 1.19. The Morgan fingerprint density at radius 1 is 1.10 bits per heavy atom. The summed E-state index contributed by atoms with van der Waals surface area (Å²) in [7, 11) is -2.35. The van der Waals surface area contributed by atoms with Crippen LogP contribution in [0.2, 0.25) is 0 Å². The Kier molecular flexibility index (Phi) is 6.01. The average Bonchev–Trinajstić information content (AvgIpc) is 3.21. The third kappa shape index (κ3) is 3.79. The molecule has 2 aliphatic heterocycles. The van der Waals surface area contributed by atoms with E-state index in [0.29, 0.717) is 42.7 Å². The zero-order valence-electron chi connectivity index (χ0n) is 16.4. The number of hydrogen-bond acceptors (Lipinski definition) is 7. The molecule has 0 amide bonds. The summed E-state index contributed by atoms with van der Waals surface area (Å²) in [6, 6.07) is 17.1. The number of nitrogens with zero attached hydrogens (tertiary/aromatic N) is 3. The maximum atomic E-state index is 13.6. The van der Waals surface area contributed by atoms with Crippen molar-refractivity contribution in [2.45, 2.75) is 10.9 Å². The van der Waals surface area contributed by atoms with E-state index in [2.05, 4.69) is 6.07 Å². The molecular weight excluding hydrogens is 422 g/mol. The minimum atomic E-state index is -3.89. The molecular formula is C21H21N3O4S2. The SMILES string of the molecule is COc1ccc(S(=O)(=O)N2SC(N3CCOCC3)=C(C#N)C2c2ccccc2)cc1. The van der Waals surface area contributed by atoms with Crippen molar-refractivity contribution in [1.82, 2.24) is 8.61 Å². The van der Waals surface area contributed by atoms with Crippen LogP contribution < -0.4 is 4.74 Å². The van der Waals surface area contributed by atoms with Crippen LogP contribution in [0.15, 0.2) is 70.1 Å². The highest BCUT2D eigenvalue weighted by Gasteiger charge is 2.45. The normalized spacial score (nSPS) is 20.3. The topological polar surface area (TPSA) is 82.9 Å². The second-order valence-corrected chi connectivity index (χ2v) is 9.78. The van der Waals surface area contributed by atoms with Crippen molar-refractivity contribution in [3.05, 3.63) is 70.8 Å². The largest absolute Gasteiger partial charge is 0.497 e. The Bertz CT molecular complexity index is 1070. The first kappa shape index (κ1) is 20.8. The smallest absolute Gasteiger partial charge is 0.253 e. The summed E-state index contributed by atoms with van der Waals surface area (Å²) in [5, 5.41) is 10.7. The van der Waals surface area contributed by atoms with Gasteiger partial charge < -0.3 is 14.4 Å². The first-order valence-corrected chi connectivity index (χ1v) is 11.7. The minimum absolute atomic E-state index is 0.150. The van der Waals surface area contributed by atoms with Crippen molar-refractivity contribution in [3.63, 3.8) is 0 Å². The molecule has 1 atom stereocenters. The van der Waals surface area contributed by atoms with Gasteiger partial charge in [0.05, 0.1) is 42.9 Å². The van der Waals surface area contributed by atoms with Crippen molar-refractivity contribution < 1.29 is 17.9 Å². The molecule has 9 heteroatoms. The van der Waals surface area contributed by atoms with Crippen LogP contribution in [0.1, 0.15) is 11.6 Å². The molecule has 2 aromatic rings. The number of nitriles is 1. The Labute approximate surface area is 180 Å². The molecule has 1 unspecified atom stereocenters. The molecule has 4 rings (SSSR count). The van der Waals surface area contributed by atoms with Gasteiger partial charge in [-0.05, 0) is 41.8 Å².